The standard InChI is InChI=1S/C41H48FN11O4/c42-30-20-29-26(23-52(41(29)57)34-5-7-38(54)45-40(34)56)19-35(30)51-16-8-25(9-17-51)22-49-14-10-28(11-15-49)53-24-27-18-33(44-39(55)31-4-6-37(43)47-46-31)36(21-32(27)48-53)50-12-2-1-3-13-50/h4,6,18-21,24-25,28,34H,1-3,5,7-17,22-23H2,(H2,43,47)(H,44,55)(H,45,54,56). The first kappa shape index (κ1) is 37.0. The van der Waals surface area contributed by atoms with Gasteiger partial charge in [0.25, 0.3) is 11.8 Å². The number of hydrogen-bond donors (Lipinski definition) is 3. The summed E-state index contributed by atoms with van der Waals surface area (Å²) in [6.45, 7) is 6.50. The Morgan fingerprint density at radius 2 is 1.65 bits per heavy atom. The van der Waals surface area contributed by atoms with Gasteiger partial charge in [0.15, 0.2) is 5.69 Å². The van der Waals surface area contributed by atoms with Crippen LogP contribution in [0, 0.1) is 11.7 Å². The van der Waals surface area contributed by atoms with Crippen LogP contribution in [0.15, 0.2) is 42.6 Å². The molecule has 4 amide bonds. The lowest BCUT2D eigenvalue weighted by molar-refractivity contribution is -0.136. The topological polar surface area (TPSA) is 175 Å². The van der Waals surface area contributed by atoms with E-state index in [1.165, 1.54) is 17.4 Å². The summed E-state index contributed by atoms with van der Waals surface area (Å²) in [5.41, 5.74) is 10.0. The summed E-state index contributed by atoms with van der Waals surface area (Å²) in [6.07, 6.45) is 9.83. The number of piperidine rings is 4. The lowest BCUT2D eigenvalue weighted by Crippen LogP contribution is -2.52. The summed E-state index contributed by atoms with van der Waals surface area (Å²) >= 11 is 0. The summed E-state index contributed by atoms with van der Waals surface area (Å²) in [4.78, 5) is 58.9. The van der Waals surface area contributed by atoms with Crippen molar-refractivity contribution in [3.63, 3.8) is 0 Å². The van der Waals surface area contributed by atoms with Crippen LogP contribution in [-0.4, -0.2) is 105 Å². The highest BCUT2D eigenvalue weighted by molar-refractivity contribution is 6.07. The monoisotopic (exact) mass is 777 g/mol. The van der Waals surface area contributed by atoms with Crippen LogP contribution in [0.3, 0.4) is 0 Å². The molecule has 4 saturated heterocycles. The Labute approximate surface area is 329 Å². The normalized spacial score (nSPS) is 21.3. The van der Waals surface area contributed by atoms with Crippen LogP contribution in [0.4, 0.5) is 27.3 Å². The Bertz CT molecular complexity index is 2210. The Morgan fingerprint density at radius 1 is 0.877 bits per heavy atom. The van der Waals surface area contributed by atoms with E-state index in [1.54, 1.807) is 18.2 Å². The predicted molar refractivity (Wildman–Crippen MR) is 212 cm³/mol. The molecule has 2 aromatic carbocycles. The lowest BCUT2D eigenvalue weighted by Gasteiger charge is -2.38. The molecule has 4 fully saturated rings. The third kappa shape index (κ3) is 7.49. The molecule has 7 heterocycles. The average Bonchev–Trinajstić information content (AvgIpc) is 3.78. The molecular formula is C41H48FN11O4. The molecule has 0 saturated carbocycles. The highest BCUT2D eigenvalue weighted by Gasteiger charge is 2.40. The third-order valence-electron chi connectivity index (χ3n) is 12.5. The Morgan fingerprint density at radius 3 is 2.39 bits per heavy atom. The quantitative estimate of drug-likeness (QED) is 0.220. The molecule has 9 rings (SSSR count). The number of anilines is 4. The number of amides is 4. The van der Waals surface area contributed by atoms with Crippen molar-refractivity contribution in [3.05, 3.63) is 65.2 Å². The van der Waals surface area contributed by atoms with Crippen LogP contribution < -0.4 is 26.2 Å². The number of benzene rings is 2. The second-order valence-electron chi connectivity index (χ2n) is 16.2. The van der Waals surface area contributed by atoms with Crippen molar-refractivity contribution >= 4 is 57.4 Å². The number of hydrogen-bond acceptors (Lipinski definition) is 11. The second kappa shape index (κ2) is 15.4. The SMILES string of the molecule is Nc1ccc(C(=O)Nc2cc3cn(C4CCN(CC5CCN(c6cc7c(cc6F)C(=O)N(C6CCC(=O)NC6=O)C7)CC5)CC4)nc3cc2N2CCCCC2)nn1. The molecule has 0 aliphatic carbocycles. The number of carbonyl (C=O) groups is 4. The molecule has 16 heteroatoms. The Balaban J connectivity index is 0.804. The molecule has 298 valence electrons. The van der Waals surface area contributed by atoms with Crippen molar-refractivity contribution in [3.8, 4) is 0 Å². The number of aromatic nitrogens is 4. The van der Waals surface area contributed by atoms with Crippen molar-refractivity contribution in [2.75, 3.05) is 66.7 Å². The number of nitrogens with zero attached hydrogens (tertiary/aromatic N) is 8. The van der Waals surface area contributed by atoms with Crippen LogP contribution in [0.25, 0.3) is 10.9 Å². The van der Waals surface area contributed by atoms with Gasteiger partial charge >= 0.3 is 0 Å². The fourth-order valence-electron chi connectivity index (χ4n) is 9.32. The minimum absolute atomic E-state index is 0.179. The summed E-state index contributed by atoms with van der Waals surface area (Å²) in [5, 5.41) is 19.3. The molecule has 57 heavy (non-hydrogen) atoms. The first-order valence-corrected chi connectivity index (χ1v) is 20.3. The number of nitrogens with two attached hydrogens (primary N) is 1. The van der Waals surface area contributed by atoms with Crippen molar-refractivity contribution in [2.45, 2.75) is 76.4 Å². The maximum atomic E-state index is 15.5. The van der Waals surface area contributed by atoms with Crippen LogP contribution in [0.5, 0.6) is 0 Å². The number of fused-ring (bicyclic) bond motifs is 2. The van der Waals surface area contributed by atoms with E-state index in [0.717, 1.165) is 112 Å². The largest absolute Gasteiger partial charge is 0.382 e. The zero-order valence-corrected chi connectivity index (χ0v) is 32.0. The number of imide groups is 1. The van der Waals surface area contributed by atoms with Gasteiger partial charge in [0.2, 0.25) is 11.8 Å². The molecule has 5 aliphatic heterocycles. The molecule has 4 N–H and O–H groups in total. The fraction of sp³-hybridized carbons (Fsp3) is 0.488. The van der Waals surface area contributed by atoms with Crippen LogP contribution in [0.1, 0.15) is 90.2 Å². The van der Waals surface area contributed by atoms with Crippen LogP contribution >= 0.6 is 0 Å². The summed E-state index contributed by atoms with van der Waals surface area (Å²) in [7, 11) is 0. The van der Waals surface area contributed by atoms with Gasteiger partial charge in [-0.25, -0.2) is 4.39 Å². The maximum absolute atomic E-state index is 15.5. The molecule has 1 atom stereocenters. The smallest absolute Gasteiger partial charge is 0.276 e. The summed E-state index contributed by atoms with van der Waals surface area (Å²) in [6, 6.07) is 9.93. The van der Waals surface area contributed by atoms with Crippen LogP contribution in [0.2, 0.25) is 0 Å². The molecule has 4 aromatic rings. The molecule has 0 bridgehead atoms. The zero-order valence-electron chi connectivity index (χ0n) is 32.0. The predicted octanol–water partition coefficient (Wildman–Crippen LogP) is 4.10. The first-order valence-electron chi connectivity index (χ1n) is 20.3. The second-order valence-corrected chi connectivity index (χ2v) is 16.2. The van der Waals surface area contributed by atoms with E-state index in [-0.39, 0.29) is 54.7 Å². The highest BCUT2D eigenvalue weighted by Crippen LogP contribution is 2.37. The number of nitrogens with one attached hydrogen (secondary N) is 2. The molecule has 2 aromatic heterocycles. The van der Waals surface area contributed by atoms with E-state index in [0.29, 0.717) is 17.2 Å². The van der Waals surface area contributed by atoms with Crippen molar-refractivity contribution < 1.29 is 23.6 Å². The molecule has 1 unspecified atom stereocenters. The number of carbonyl (C=O) groups excluding carboxylic acids is 4. The van der Waals surface area contributed by atoms with Crippen molar-refractivity contribution in [2.24, 2.45) is 5.92 Å². The number of nitrogen functional groups attached to an aromatic ring is 1. The summed E-state index contributed by atoms with van der Waals surface area (Å²) < 4.78 is 17.6. The van der Waals surface area contributed by atoms with E-state index in [1.807, 2.05) is 6.07 Å². The number of likely N-dealkylation sites (tertiary alicyclic amines) is 1. The van der Waals surface area contributed by atoms with Gasteiger partial charge in [-0.3, -0.25) is 29.2 Å². The van der Waals surface area contributed by atoms with Gasteiger partial charge in [-0.2, -0.15) is 5.10 Å². The van der Waals surface area contributed by atoms with E-state index < -0.39 is 17.8 Å². The van der Waals surface area contributed by atoms with Gasteiger partial charge in [-0.1, -0.05) is 0 Å². The molecule has 0 spiro atoms. The average molecular weight is 778 g/mol. The van der Waals surface area contributed by atoms with Gasteiger partial charge in [0.1, 0.15) is 17.7 Å². The Kier molecular flexibility index (Phi) is 9.97. The minimum Gasteiger partial charge on any atom is -0.382 e. The van der Waals surface area contributed by atoms with Gasteiger partial charge in [-0.15, -0.1) is 10.2 Å². The third-order valence-corrected chi connectivity index (χ3v) is 12.5. The van der Waals surface area contributed by atoms with Gasteiger partial charge in [0.05, 0.1) is 28.6 Å². The first-order chi connectivity index (χ1) is 27.7. The van der Waals surface area contributed by atoms with Crippen molar-refractivity contribution in [1.82, 2.24) is 35.1 Å². The lowest BCUT2D eigenvalue weighted by atomic mass is 9.94. The molecular weight excluding hydrogens is 730 g/mol. The Hall–Kier alpha value is -5.64. The fourth-order valence-corrected chi connectivity index (χ4v) is 9.32. The molecule has 0 radical (unpaired) electrons. The zero-order chi connectivity index (χ0) is 39.2. The van der Waals surface area contributed by atoms with E-state index in [9.17, 15) is 19.2 Å². The minimum atomic E-state index is -0.723. The van der Waals surface area contributed by atoms with Crippen LogP contribution in [-0.2, 0) is 16.1 Å². The molecule has 15 nitrogen and oxygen atoms in total. The van der Waals surface area contributed by atoms with Gasteiger partial charge < -0.3 is 30.7 Å². The van der Waals surface area contributed by atoms with E-state index >= 15 is 4.39 Å². The highest BCUT2D eigenvalue weighted by atomic mass is 19.1. The van der Waals surface area contributed by atoms with E-state index in [4.69, 9.17) is 10.8 Å². The van der Waals surface area contributed by atoms with Gasteiger partial charge in [0, 0.05) is 75.9 Å². The number of rotatable bonds is 8. The van der Waals surface area contributed by atoms with Crippen molar-refractivity contribution in [1.29, 1.82) is 0 Å². The maximum Gasteiger partial charge on any atom is 0.276 e. The number of halogens is 1. The molecule has 5 aliphatic rings. The van der Waals surface area contributed by atoms with Gasteiger partial charge in [-0.05, 0) is 99.2 Å². The summed E-state index contributed by atoms with van der Waals surface area (Å²) in [5.74, 6) is -1.16. The van der Waals surface area contributed by atoms with E-state index in [2.05, 4.69) is 52.5 Å².